The Labute approximate surface area is 277 Å². The molecule has 4 fully saturated rings. The fourth-order valence-corrected chi connectivity index (χ4v) is 9.55. The summed E-state index contributed by atoms with van der Waals surface area (Å²) < 4.78 is 19.1. The second kappa shape index (κ2) is 12.8. The normalized spacial score (nSPS) is 43.3. The summed E-state index contributed by atoms with van der Waals surface area (Å²) >= 11 is 0. The lowest BCUT2D eigenvalue weighted by molar-refractivity contribution is -0.356. The molecule has 1 aromatic rings. The first-order chi connectivity index (χ1) is 22.2. The molecular formula is C37H51NO9. The number of ketones is 1. The number of amides is 1. The van der Waals surface area contributed by atoms with E-state index in [0.29, 0.717) is 24.8 Å². The third-order valence-electron chi connectivity index (χ3n) is 12.2. The second-order valence-electron chi connectivity index (χ2n) is 15.2. The molecule has 5 N–H and O–H groups in total. The van der Waals surface area contributed by atoms with Gasteiger partial charge >= 0.3 is 0 Å². The number of aliphatic hydroxyl groups excluding tert-OH is 2. The van der Waals surface area contributed by atoms with Gasteiger partial charge in [0.2, 0.25) is 11.9 Å². The molecule has 6 rings (SSSR count). The largest absolute Gasteiger partial charge is 0.510 e. The van der Waals surface area contributed by atoms with Crippen molar-refractivity contribution in [2.75, 3.05) is 7.11 Å². The zero-order valence-electron chi connectivity index (χ0n) is 28.3. The van der Waals surface area contributed by atoms with Gasteiger partial charge in [0, 0.05) is 31.4 Å². The van der Waals surface area contributed by atoms with Gasteiger partial charge in [0.15, 0.2) is 5.79 Å². The van der Waals surface area contributed by atoms with Crippen LogP contribution in [0.4, 0.5) is 0 Å². The maximum absolute atomic E-state index is 13.3. The van der Waals surface area contributed by atoms with Crippen molar-refractivity contribution in [3.8, 4) is 11.5 Å². The van der Waals surface area contributed by atoms with Crippen LogP contribution in [0.25, 0.3) is 0 Å². The van der Waals surface area contributed by atoms with E-state index in [-0.39, 0.29) is 76.6 Å². The molecule has 1 spiro atoms. The molecule has 3 heterocycles. The summed E-state index contributed by atoms with van der Waals surface area (Å²) in [5.41, 5.74) is 1.69. The summed E-state index contributed by atoms with van der Waals surface area (Å²) in [6.45, 7) is 10.5. The number of hydrogen-bond donors (Lipinski definition) is 5. The Bertz CT molecular complexity index is 1430. The molecular weight excluding hydrogens is 602 g/mol. The molecule has 3 aliphatic heterocycles. The SMILES string of the molecule is COC1C(=O)N/C(=C(/O)[C@@H]2C3C(C=C(C)[C@H]2CC2OC4(CCC(C)C(c5cc(O)cc(O)c5)O4)C(C)CC2C)CCC(O)C3C)C1=O. The van der Waals surface area contributed by atoms with Crippen LogP contribution in [0, 0.1) is 47.3 Å². The van der Waals surface area contributed by atoms with Crippen molar-refractivity contribution in [3.63, 3.8) is 0 Å². The third-order valence-corrected chi connectivity index (χ3v) is 12.2. The summed E-state index contributed by atoms with van der Waals surface area (Å²) in [6.07, 6.45) is 4.21. The number of Topliss-reactive ketones (excluding diaryl/α,β-unsaturated/α-hetero) is 1. The predicted molar refractivity (Wildman–Crippen MR) is 173 cm³/mol. The average Bonchev–Trinajstić information content (AvgIpc) is 3.31. The Balaban J connectivity index is 1.34. The number of phenols is 2. The van der Waals surface area contributed by atoms with Crippen LogP contribution in [0.2, 0.25) is 0 Å². The number of allylic oxidation sites excluding steroid dienone is 3. The lowest BCUT2D eigenvalue weighted by atomic mass is 9.56. The van der Waals surface area contributed by atoms with Gasteiger partial charge < -0.3 is 40.0 Å². The zero-order valence-corrected chi connectivity index (χ0v) is 28.3. The Morgan fingerprint density at radius 1 is 1.02 bits per heavy atom. The number of nitrogens with one attached hydrogen (secondary N) is 1. The highest BCUT2D eigenvalue weighted by Crippen LogP contribution is 2.55. The predicted octanol–water partition coefficient (Wildman–Crippen LogP) is 5.43. The van der Waals surface area contributed by atoms with Gasteiger partial charge in [-0.1, -0.05) is 39.3 Å². The van der Waals surface area contributed by atoms with Crippen molar-refractivity contribution in [2.45, 2.75) is 103 Å². The van der Waals surface area contributed by atoms with Crippen molar-refractivity contribution < 1.29 is 44.2 Å². The number of carbonyl (C=O) groups excluding carboxylic acids is 2. The number of methoxy groups -OCH3 is 1. The Kier molecular flexibility index (Phi) is 9.28. The first-order valence-corrected chi connectivity index (χ1v) is 17.3. The lowest BCUT2D eigenvalue weighted by Crippen LogP contribution is -2.55. The summed E-state index contributed by atoms with van der Waals surface area (Å²) in [4.78, 5) is 25.9. The van der Waals surface area contributed by atoms with Gasteiger partial charge in [0.05, 0.1) is 18.3 Å². The van der Waals surface area contributed by atoms with E-state index in [2.05, 4.69) is 39.1 Å². The van der Waals surface area contributed by atoms with Crippen LogP contribution >= 0.6 is 0 Å². The molecule has 3 saturated heterocycles. The second-order valence-corrected chi connectivity index (χ2v) is 15.2. The van der Waals surface area contributed by atoms with E-state index < -0.39 is 35.6 Å². The lowest BCUT2D eigenvalue weighted by Gasteiger charge is -2.54. The van der Waals surface area contributed by atoms with Crippen LogP contribution < -0.4 is 5.32 Å². The van der Waals surface area contributed by atoms with Crippen molar-refractivity contribution in [3.05, 3.63) is 46.9 Å². The van der Waals surface area contributed by atoms with Crippen molar-refractivity contribution in [2.24, 2.45) is 47.3 Å². The smallest absolute Gasteiger partial charge is 0.261 e. The Morgan fingerprint density at radius 2 is 1.72 bits per heavy atom. The van der Waals surface area contributed by atoms with Crippen molar-refractivity contribution in [1.82, 2.24) is 5.32 Å². The zero-order chi connectivity index (χ0) is 33.9. The highest BCUT2D eigenvalue weighted by molar-refractivity contribution is 6.19. The van der Waals surface area contributed by atoms with Gasteiger partial charge in [-0.3, -0.25) is 9.59 Å². The molecule has 11 unspecified atom stereocenters. The van der Waals surface area contributed by atoms with Crippen LogP contribution in [-0.2, 0) is 23.8 Å². The minimum atomic E-state index is -1.30. The first kappa shape index (κ1) is 34.0. The van der Waals surface area contributed by atoms with E-state index in [0.717, 1.165) is 24.8 Å². The monoisotopic (exact) mass is 653 g/mol. The van der Waals surface area contributed by atoms with Gasteiger partial charge in [-0.2, -0.15) is 0 Å². The third kappa shape index (κ3) is 6.00. The minimum absolute atomic E-state index is 0.0202. The fourth-order valence-electron chi connectivity index (χ4n) is 9.55. The van der Waals surface area contributed by atoms with E-state index in [4.69, 9.17) is 14.2 Å². The summed E-state index contributed by atoms with van der Waals surface area (Å²) in [6, 6.07) is 4.58. The Hall–Kier alpha value is -2.92. The van der Waals surface area contributed by atoms with Crippen molar-refractivity contribution >= 4 is 11.7 Å². The maximum atomic E-state index is 13.3. The van der Waals surface area contributed by atoms with Crippen LogP contribution in [0.5, 0.6) is 11.5 Å². The highest BCUT2D eigenvalue weighted by Gasteiger charge is 2.54. The molecule has 258 valence electrons. The van der Waals surface area contributed by atoms with Crippen molar-refractivity contribution in [1.29, 1.82) is 0 Å². The number of phenolic OH excluding ortho intramolecular Hbond substituents is 2. The molecule has 10 nitrogen and oxygen atoms in total. The first-order valence-electron chi connectivity index (χ1n) is 17.3. The summed E-state index contributed by atoms with van der Waals surface area (Å²) in [7, 11) is 1.30. The number of hydrogen-bond acceptors (Lipinski definition) is 9. The molecule has 1 aromatic carbocycles. The summed E-state index contributed by atoms with van der Waals surface area (Å²) in [5.74, 6) is -2.76. The van der Waals surface area contributed by atoms with Crippen LogP contribution in [-0.4, -0.2) is 63.3 Å². The van der Waals surface area contributed by atoms with Gasteiger partial charge in [0.1, 0.15) is 23.0 Å². The number of ether oxygens (including phenoxy) is 3. The molecule has 2 aliphatic carbocycles. The van der Waals surface area contributed by atoms with Gasteiger partial charge in [-0.25, -0.2) is 0 Å². The van der Waals surface area contributed by atoms with E-state index in [1.54, 1.807) is 12.1 Å². The molecule has 13 atom stereocenters. The van der Waals surface area contributed by atoms with E-state index in [1.807, 2.05) is 6.92 Å². The fraction of sp³-hybridized carbons (Fsp3) is 0.676. The quantitative estimate of drug-likeness (QED) is 0.121. The van der Waals surface area contributed by atoms with E-state index in [9.17, 15) is 30.0 Å². The number of benzene rings is 1. The number of aromatic hydroxyl groups is 2. The molecule has 1 saturated carbocycles. The standard InChI is InChI=1S/C37H51NO9/c1-17-9-10-37(47-34(17)23-13-24(39)15-25(40)14-23)20(4)11-19(3)28(46-37)16-26-18(2)12-22-7-8-27(41)21(5)29(22)30(26)32(42)31-33(43)35(45-6)36(44)38-31/h12-15,17,19-22,26-30,34-35,39-42H,7-11,16H2,1-6H3,(H,38,44)/b32-31+/t17?,19?,20?,21?,22?,26-,27?,28?,29?,30+,34?,35?,37?/m1/s1. The van der Waals surface area contributed by atoms with Gasteiger partial charge in [0.25, 0.3) is 5.91 Å². The number of aliphatic hydroxyl groups is 2. The highest BCUT2D eigenvalue weighted by atomic mass is 16.7. The molecule has 0 bridgehead atoms. The molecule has 5 aliphatic rings. The molecule has 0 radical (unpaired) electrons. The van der Waals surface area contributed by atoms with Gasteiger partial charge in [-0.15, -0.1) is 0 Å². The molecule has 47 heavy (non-hydrogen) atoms. The van der Waals surface area contributed by atoms with Gasteiger partial charge in [-0.05, 0) is 92.2 Å². The molecule has 0 aromatic heterocycles. The molecule has 1 amide bonds. The maximum Gasteiger partial charge on any atom is 0.261 e. The number of rotatable bonds is 5. The minimum Gasteiger partial charge on any atom is -0.510 e. The summed E-state index contributed by atoms with van der Waals surface area (Å²) in [5, 5.41) is 46.1. The number of fused-ring (bicyclic) bond motifs is 1. The molecule has 10 heteroatoms. The van der Waals surface area contributed by atoms with Crippen LogP contribution in [0.3, 0.4) is 0 Å². The topological polar surface area (TPSA) is 155 Å². The average molecular weight is 654 g/mol. The van der Waals surface area contributed by atoms with E-state index in [1.165, 1.54) is 13.2 Å². The number of carbonyl (C=O) groups is 2. The van der Waals surface area contributed by atoms with Crippen LogP contribution in [0.1, 0.15) is 84.8 Å². The Morgan fingerprint density at radius 3 is 2.38 bits per heavy atom. The van der Waals surface area contributed by atoms with E-state index >= 15 is 0 Å². The van der Waals surface area contributed by atoms with Crippen LogP contribution in [0.15, 0.2) is 41.3 Å².